The van der Waals surface area contributed by atoms with E-state index in [0.29, 0.717) is 0 Å². The fourth-order valence-electron chi connectivity index (χ4n) is 4.18. The summed E-state index contributed by atoms with van der Waals surface area (Å²) >= 11 is 12.6. The van der Waals surface area contributed by atoms with Gasteiger partial charge in [-0.15, -0.1) is 34.0 Å². The maximum atomic E-state index is 2.39. The maximum absolute atomic E-state index is 2.39. The van der Waals surface area contributed by atoms with Crippen molar-refractivity contribution in [3.63, 3.8) is 0 Å². The van der Waals surface area contributed by atoms with E-state index in [1.807, 2.05) is 34.0 Å². The molecule has 0 radical (unpaired) electrons. The third kappa shape index (κ3) is 5.86. The Kier molecular flexibility index (Phi) is 8.06. The second-order valence-corrected chi connectivity index (χ2v) is 17.2. The number of thiophene rings is 3. The van der Waals surface area contributed by atoms with Crippen LogP contribution in [0.1, 0.15) is 0 Å². The topological polar surface area (TPSA) is 3.24 Å². The molecule has 1 nitrogen and oxygen atoms in total. The molecule has 3 heterocycles. The average molecular weight is 869 g/mol. The molecule has 0 spiro atoms. The Hall–Kier alpha value is -1.25. The van der Waals surface area contributed by atoms with Gasteiger partial charge in [-0.25, -0.2) is 0 Å². The number of anilines is 3. The van der Waals surface area contributed by atoms with Gasteiger partial charge in [0.1, 0.15) is 0 Å². The van der Waals surface area contributed by atoms with E-state index in [2.05, 4.69) is 182 Å². The fraction of sp³-hybridized carbons (Fsp3) is 0. The van der Waals surface area contributed by atoms with Crippen LogP contribution in [-0.2, 0) is 0 Å². The predicted octanol–water partition coefficient (Wildman–Crippen LogP) is 12.2. The van der Waals surface area contributed by atoms with Gasteiger partial charge in [0.15, 0.2) is 0 Å². The van der Waals surface area contributed by atoms with E-state index < -0.39 is 0 Å². The summed E-state index contributed by atoms with van der Waals surface area (Å²) in [6.45, 7) is 0. The number of hydrogen-bond acceptors (Lipinski definition) is 4. The summed E-state index contributed by atoms with van der Waals surface area (Å²) in [6.07, 6.45) is 0. The summed E-state index contributed by atoms with van der Waals surface area (Å²) in [7, 11) is 0. The normalized spacial score (nSPS) is 11.1. The van der Waals surface area contributed by atoms with E-state index in [0.717, 1.165) is 17.1 Å². The molecule has 0 saturated carbocycles. The smallest absolute Gasteiger partial charge is 0.0660 e. The highest BCUT2D eigenvalue weighted by Gasteiger charge is 2.14. The van der Waals surface area contributed by atoms with Crippen molar-refractivity contribution in [1.29, 1.82) is 0 Å². The standard InChI is InChI=1S/C30H18I3NS3/c31-28-16-13-25(35-28)19-1-7-22(8-2-19)34(23-9-3-20(4-10-23)26-14-17-29(32)36-26)24-11-5-21(6-12-24)27-15-18-30(33)37-27/h1-18H. The lowest BCUT2D eigenvalue weighted by Crippen LogP contribution is -2.09. The Bertz CT molecular complexity index is 1450. The quantitative estimate of drug-likeness (QED) is 0.151. The summed E-state index contributed by atoms with van der Waals surface area (Å²) in [4.78, 5) is 6.23. The van der Waals surface area contributed by atoms with Crippen molar-refractivity contribution in [2.45, 2.75) is 0 Å². The lowest BCUT2D eigenvalue weighted by Gasteiger charge is -2.26. The summed E-state index contributed by atoms with van der Waals surface area (Å²) in [5.74, 6) is 0. The monoisotopic (exact) mass is 869 g/mol. The molecule has 182 valence electrons. The molecule has 3 aromatic heterocycles. The largest absolute Gasteiger partial charge is 0.311 e. The van der Waals surface area contributed by atoms with Crippen LogP contribution in [0.15, 0.2) is 109 Å². The van der Waals surface area contributed by atoms with Crippen molar-refractivity contribution < 1.29 is 0 Å². The molecule has 0 amide bonds. The fourth-order valence-corrected chi connectivity index (χ4v) is 9.06. The summed E-state index contributed by atoms with van der Waals surface area (Å²) in [6, 6.07) is 39.9. The first-order chi connectivity index (χ1) is 18.0. The van der Waals surface area contributed by atoms with E-state index >= 15 is 0 Å². The first-order valence-corrected chi connectivity index (χ1v) is 17.1. The van der Waals surface area contributed by atoms with Crippen LogP contribution in [-0.4, -0.2) is 0 Å². The molecule has 7 heteroatoms. The lowest BCUT2D eigenvalue weighted by atomic mass is 10.1. The van der Waals surface area contributed by atoms with Crippen LogP contribution in [0.25, 0.3) is 31.3 Å². The molecule has 0 fully saturated rings. The predicted molar refractivity (Wildman–Crippen MR) is 189 cm³/mol. The van der Waals surface area contributed by atoms with Crippen molar-refractivity contribution in [3.8, 4) is 31.3 Å². The molecular weight excluding hydrogens is 851 g/mol. The molecule has 0 aliphatic heterocycles. The summed E-state index contributed by atoms with van der Waals surface area (Å²) in [5, 5.41) is 0. The molecule has 0 atom stereocenters. The Balaban J connectivity index is 1.38. The van der Waals surface area contributed by atoms with E-state index in [9.17, 15) is 0 Å². The summed E-state index contributed by atoms with van der Waals surface area (Å²) < 4.78 is 3.91. The van der Waals surface area contributed by atoms with E-state index in [1.165, 1.54) is 40.0 Å². The number of halogens is 3. The number of nitrogens with zero attached hydrogens (tertiary/aromatic N) is 1. The van der Waals surface area contributed by atoms with Gasteiger partial charge in [-0.1, -0.05) is 36.4 Å². The minimum absolute atomic E-state index is 1.15. The molecule has 0 aliphatic rings. The van der Waals surface area contributed by atoms with Gasteiger partial charge in [-0.2, -0.15) is 0 Å². The van der Waals surface area contributed by atoms with E-state index in [-0.39, 0.29) is 0 Å². The number of rotatable bonds is 6. The Labute approximate surface area is 269 Å². The first kappa shape index (κ1) is 26.0. The maximum Gasteiger partial charge on any atom is 0.0660 e. The highest BCUT2D eigenvalue weighted by Crippen LogP contribution is 2.39. The zero-order valence-electron chi connectivity index (χ0n) is 19.2. The van der Waals surface area contributed by atoms with Gasteiger partial charge in [0.05, 0.1) is 8.65 Å². The van der Waals surface area contributed by atoms with Crippen molar-refractivity contribution >= 4 is 119 Å². The Morgan fingerprint density at radius 1 is 0.351 bits per heavy atom. The van der Waals surface area contributed by atoms with E-state index in [4.69, 9.17) is 0 Å². The molecule has 6 aromatic rings. The second kappa shape index (κ2) is 11.5. The van der Waals surface area contributed by atoms with Gasteiger partial charge in [0.2, 0.25) is 0 Å². The Morgan fingerprint density at radius 3 is 0.838 bits per heavy atom. The minimum atomic E-state index is 1.15. The highest BCUT2D eigenvalue weighted by molar-refractivity contribution is 14.1. The molecule has 0 saturated heterocycles. The number of benzene rings is 3. The zero-order valence-corrected chi connectivity index (χ0v) is 28.1. The van der Waals surface area contributed by atoms with Gasteiger partial charge in [0.25, 0.3) is 0 Å². The zero-order chi connectivity index (χ0) is 25.4. The van der Waals surface area contributed by atoms with Gasteiger partial charge in [-0.3, -0.25) is 0 Å². The van der Waals surface area contributed by atoms with Crippen molar-refractivity contribution in [3.05, 3.63) is 118 Å². The first-order valence-electron chi connectivity index (χ1n) is 11.4. The van der Waals surface area contributed by atoms with Gasteiger partial charge in [0, 0.05) is 31.7 Å². The molecule has 0 bridgehead atoms. The van der Waals surface area contributed by atoms with Crippen molar-refractivity contribution in [2.75, 3.05) is 4.90 Å². The van der Waals surface area contributed by atoms with Gasteiger partial charge in [-0.05, 0) is 157 Å². The molecular formula is C30H18I3NS3. The average Bonchev–Trinajstić information content (AvgIpc) is 3.67. The second-order valence-electron chi connectivity index (χ2n) is 8.29. The van der Waals surface area contributed by atoms with Gasteiger partial charge >= 0.3 is 0 Å². The van der Waals surface area contributed by atoms with Gasteiger partial charge < -0.3 is 4.90 Å². The molecule has 3 aromatic carbocycles. The third-order valence-corrected chi connectivity index (χ3v) is 11.8. The lowest BCUT2D eigenvalue weighted by molar-refractivity contribution is 1.28. The third-order valence-electron chi connectivity index (χ3n) is 5.95. The minimum Gasteiger partial charge on any atom is -0.311 e. The number of hydrogen-bond donors (Lipinski definition) is 0. The van der Waals surface area contributed by atoms with Crippen LogP contribution < -0.4 is 4.90 Å². The highest BCUT2D eigenvalue weighted by atomic mass is 127. The van der Waals surface area contributed by atoms with Crippen molar-refractivity contribution in [2.24, 2.45) is 0 Å². The van der Waals surface area contributed by atoms with Crippen LogP contribution >= 0.6 is 102 Å². The van der Waals surface area contributed by atoms with Crippen LogP contribution in [0, 0.1) is 8.65 Å². The molecule has 37 heavy (non-hydrogen) atoms. The van der Waals surface area contributed by atoms with Crippen LogP contribution in [0.2, 0.25) is 0 Å². The molecule has 0 N–H and O–H groups in total. The molecule has 6 rings (SSSR count). The SMILES string of the molecule is Ic1ccc(-c2ccc(N(c3ccc(-c4ccc(I)s4)cc3)c3ccc(-c4ccc(I)s4)cc3)cc2)s1. The molecule has 0 unspecified atom stereocenters. The van der Waals surface area contributed by atoms with Crippen LogP contribution in [0.5, 0.6) is 0 Å². The van der Waals surface area contributed by atoms with Crippen LogP contribution in [0.3, 0.4) is 0 Å². The van der Waals surface area contributed by atoms with Crippen molar-refractivity contribution in [1.82, 2.24) is 0 Å². The Morgan fingerprint density at radius 2 is 0.622 bits per heavy atom. The van der Waals surface area contributed by atoms with Crippen LogP contribution in [0.4, 0.5) is 17.1 Å². The molecule has 0 aliphatic carbocycles. The summed E-state index contributed by atoms with van der Waals surface area (Å²) in [5.41, 5.74) is 7.19. The van der Waals surface area contributed by atoms with E-state index in [1.54, 1.807) is 0 Å².